The maximum atomic E-state index is 13.8. The van der Waals surface area contributed by atoms with Crippen molar-refractivity contribution in [1.82, 2.24) is 4.98 Å². The van der Waals surface area contributed by atoms with Gasteiger partial charge < -0.3 is 10.8 Å². The average molecular weight is 299 g/mol. The molecule has 0 fully saturated rings. The van der Waals surface area contributed by atoms with E-state index >= 15 is 0 Å². The molecule has 1 aromatic heterocycles. The van der Waals surface area contributed by atoms with Crippen molar-refractivity contribution in [1.29, 1.82) is 0 Å². The molecule has 0 saturated carbocycles. The maximum absolute atomic E-state index is 13.8. The molecule has 0 aliphatic carbocycles. The molecule has 0 radical (unpaired) electrons. The molecule has 0 amide bonds. The molecule has 6 heteroatoms. The van der Waals surface area contributed by atoms with Gasteiger partial charge in [-0.2, -0.15) is 0 Å². The lowest BCUT2D eigenvalue weighted by Gasteiger charge is -2.08. The van der Waals surface area contributed by atoms with Gasteiger partial charge in [-0.1, -0.05) is 6.07 Å². The quantitative estimate of drug-likeness (QED) is 0.892. The Hall–Kier alpha value is -1.69. The van der Waals surface area contributed by atoms with E-state index in [9.17, 15) is 9.18 Å². The second-order valence-corrected chi connectivity index (χ2v) is 4.37. The van der Waals surface area contributed by atoms with Crippen molar-refractivity contribution < 1.29 is 14.3 Å². The van der Waals surface area contributed by atoms with E-state index in [1.54, 1.807) is 6.07 Å². The van der Waals surface area contributed by atoms with Gasteiger partial charge in [0.2, 0.25) is 0 Å². The summed E-state index contributed by atoms with van der Waals surface area (Å²) in [5, 5.41) is 9.52. The monoisotopic (exact) mass is 298 g/mol. The number of anilines is 1. The number of aliphatic carboxylic acids is 1. The third-order valence-corrected chi connectivity index (χ3v) is 3.04. The van der Waals surface area contributed by atoms with E-state index in [2.05, 4.69) is 20.9 Å². The first-order valence-corrected chi connectivity index (χ1v) is 5.53. The number of fused-ring (bicyclic) bond motifs is 1. The van der Waals surface area contributed by atoms with Gasteiger partial charge >= 0.3 is 5.97 Å². The highest BCUT2D eigenvalue weighted by Crippen LogP contribution is 2.29. The molecule has 4 nitrogen and oxygen atoms in total. The zero-order chi connectivity index (χ0) is 12.6. The van der Waals surface area contributed by atoms with E-state index < -0.39 is 11.8 Å². The van der Waals surface area contributed by atoms with Crippen LogP contribution in [0.15, 0.2) is 22.8 Å². The topological polar surface area (TPSA) is 76.2 Å². The molecule has 1 heterocycles. The van der Waals surface area contributed by atoms with Crippen LogP contribution in [0, 0.1) is 5.82 Å². The van der Waals surface area contributed by atoms with E-state index in [4.69, 9.17) is 10.8 Å². The average Bonchev–Trinajstić information content (AvgIpc) is 2.27. The summed E-state index contributed by atoms with van der Waals surface area (Å²) in [6.07, 6.45) is 1.02. The van der Waals surface area contributed by atoms with E-state index in [-0.39, 0.29) is 17.6 Å². The molecule has 0 spiro atoms. The fraction of sp³-hybridized carbons (Fsp3) is 0.0909. The smallest absolute Gasteiger partial charge is 0.307 e. The number of hydrogen-bond acceptors (Lipinski definition) is 3. The number of nitrogens with two attached hydrogens (primary N) is 1. The first-order valence-electron chi connectivity index (χ1n) is 4.73. The number of rotatable bonds is 2. The van der Waals surface area contributed by atoms with Crippen molar-refractivity contribution in [2.24, 2.45) is 0 Å². The summed E-state index contributed by atoms with van der Waals surface area (Å²) < 4.78 is 14.1. The van der Waals surface area contributed by atoms with E-state index in [0.717, 1.165) is 0 Å². The molecule has 2 aromatic rings. The minimum Gasteiger partial charge on any atom is -0.481 e. The number of nitrogens with zero attached hydrogens (tertiary/aromatic N) is 1. The third-order valence-electron chi connectivity index (χ3n) is 2.43. The van der Waals surface area contributed by atoms with Crippen molar-refractivity contribution in [3.8, 4) is 0 Å². The van der Waals surface area contributed by atoms with Gasteiger partial charge in [-0.15, -0.1) is 0 Å². The van der Waals surface area contributed by atoms with Gasteiger partial charge in [0.15, 0.2) is 0 Å². The van der Waals surface area contributed by atoms with Gasteiger partial charge in [0, 0.05) is 17.1 Å². The minimum absolute atomic E-state index is 0.113. The first-order chi connectivity index (χ1) is 8.00. The number of carboxylic acids is 1. The number of aromatic nitrogens is 1. The molecule has 0 saturated heterocycles. The number of carbonyl (C=O) groups is 1. The molecule has 88 valence electrons. The van der Waals surface area contributed by atoms with E-state index in [1.165, 1.54) is 12.3 Å². The molecule has 3 N–H and O–H groups in total. The number of pyridine rings is 1. The zero-order valence-corrected chi connectivity index (χ0v) is 10.2. The predicted octanol–water partition coefficient (Wildman–Crippen LogP) is 2.35. The lowest BCUT2D eigenvalue weighted by Crippen LogP contribution is -2.06. The van der Waals surface area contributed by atoms with Crippen LogP contribution in [0.1, 0.15) is 5.56 Å². The van der Waals surface area contributed by atoms with Crippen LogP contribution in [-0.4, -0.2) is 16.1 Å². The summed E-state index contributed by atoms with van der Waals surface area (Å²) in [5.41, 5.74) is 5.95. The molecule has 0 bridgehead atoms. The van der Waals surface area contributed by atoms with Crippen molar-refractivity contribution in [3.05, 3.63) is 34.2 Å². The standard InChI is InChI=1S/C11H8BrFN2O2/c12-8-2-1-5-6(3-9(16)17)11(14)15-4-7(5)10(8)13/h1-2,4H,3H2,(H2,14,15)(H,16,17). The number of benzene rings is 1. The van der Waals surface area contributed by atoms with Crippen LogP contribution in [0.3, 0.4) is 0 Å². The lowest BCUT2D eigenvalue weighted by atomic mass is 10.0. The molecule has 1 aromatic carbocycles. The van der Waals surface area contributed by atoms with Gasteiger partial charge in [-0.25, -0.2) is 9.37 Å². The fourth-order valence-electron chi connectivity index (χ4n) is 1.64. The molecular weight excluding hydrogens is 291 g/mol. The lowest BCUT2D eigenvalue weighted by molar-refractivity contribution is -0.136. The van der Waals surface area contributed by atoms with Crippen LogP contribution in [0.25, 0.3) is 10.8 Å². The van der Waals surface area contributed by atoms with Crippen LogP contribution >= 0.6 is 15.9 Å². The van der Waals surface area contributed by atoms with Crippen LogP contribution in [0.4, 0.5) is 10.2 Å². The summed E-state index contributed by atoms with van der Waals surface area (Å²) in [7, 11) is 0. The minimum atomic E-state index is -1.03. The predicted molar refractivity (Wildman–Crippen MR) is 65.2 cm³/mol. The molecular formula is C11H8BrFN2O2. The number of halogens is 2. The Bertz CT molecular complexity index is 616. The van der Waals surface area contributed by atoms with Crippen molar-refractivity contribution in [3.63, 3.8) is 0 Å². The Morgan fingerprint density at radius 1 is 1.47 bits per heavy atom. The normalized spacial score (nSPS) is 10.7. The van der Waals surface area contributed by atoms with Crippen molar-refractivity contribution >= 4 is 38.5 Å². The Kier molecular flexibility index (Phi) is 2.97. The molecule has 2 rings (SSSR count). The highest BCUT2D eigenvalue weighted by molar-refractivity contribution is 9.10. The second kappa shape index (κ2) is 4.29. The largest absolute Gasteiger partial charge is 0.481 e. The van der Waals surface area contributed by atoms with Gasteiger partial charge in [0.1, 0.15) is 11.6 Å². The fourth-order valence-corrected chi connectivity index (χ4v) is 1.99. The third kappa shape index (κ3) is 2.08. The Balaban J connectivity index is 2.77. The zero-order valence-electron chi connectivity index (χ0n) is 8.58. The molecule has 0 atom stereocenters. The molecule has 0 unspecified atom stereocenters. The summed E-state index contributed by atoms with van der Waals surface area (Å²) in [6.45, 7) is 0. The summed E-state index contributed by atoms with van der Waals surface area (Å²) in [5.74, 6) is -1.39. The van der Waals surface area contributed by atoms with Crippen LogP contribution in [0.5, 0.6) is 0 Å². The highest BCUT2D eigenvalue weighted by atomic mass is 79.9. The van der Waals surface area contributed by atoms with Crippen LogP contribution in [0.2, 0.25) is 0 Å². The van der Waals surface area contributed by atoms with E-state index in [0.29, 0.717) is 15.4 Å². The van der Waals surface area contributed by atoms with Gasteiger partial charge in [0.25, 0.3) is 0 Å². The summed E-state index contributed by atoms with van der Waals surface area (Å²) >= 11 is 3.06. The number of carboxylic acid groups (broad SMARTS) is 1. The Morgan fingerprint density at radius 3 is 2.82 bits per heavy atom. The number of hydrogen-bond donors (Lipinski definition) is 2. The molecule has 0 aliphatic heterocycles. The SMILES string of the molecule is Nc1ncc2c(F)c(Br)ccc2c1CC(=O)O. The van der Waals surface area contributed by atoms with Gasteiger partial charge in [-0.05, 0) is 27.4 Å². The van der Waals surface area contributed by atoms with Crippen molar-refractivity contribution in [2.75, 3.05) is 5.73 Å². The van der Waals surface area contributed by atoms with Crippen LogP contribution in [-0.2, 0) is 11.2 Å². The maximum Gasteiger partial charge on any atom is 0.307 e. The van der Waals surface area contributed by atoms with Gasteiger partial charge in [-0.3, -0.25) is 4.79 Å². The Morgan fingerprint density at radius 2 is 2.18 bits per heavy atom. The Labute approximate surface area is 104 Å². The van der Waals surface area contributed by atoms with Gasteiger partial charge in [0.05, 0.1) is 10.9 Å². The highest BCUT2D eigenvalue weighted by Gasteiger charge is 2.14. The van der Waals surface area contributed by atoms with Crippen molar-refractivity contribution in [2.45, 2.75) is 6.42 Å². The summed E-state index contributed by atoms with van der Waals surface area (Å²) in [6, 6.07) is 3.14. The molecule has 0 aliphatic rings. The molecule has 17 heavy (non-hydrogen) atoms. The first kappa shape index (κ1) is 11.8. The second-order valence-electron chi connectivity index (χ2n) is 3.52. The van der Waals surface area contributed by atoms with Crippen LogP contribution < -0.4 is 5.73 Å². The van der Waals surface area contributed by atoms with E-state index in [1.807, 2.05) is 0 Å². The number of nitrogen functional groups attached to an aromatic ring is 1. The summed E-state index contributed by atoms with van der Waals surface area (Å²) in [4.78, 5) is 14.5.